The maximum atomic E-state index is 10.7. The first kappa shape index (κ1) is 9.81. The fourth-order valence-electron chi connectivity index (χ4n) is 1.06. The van der Waals surface area contributed by atoms with Crippen molar-refractivity contribution in [2.75, 3.05) is 0 Å². The molecule has 0 aliphatic carbocycles. The zero-order valence-corrected chi connectivity index (χ0v) is 7.66. The first-order valence-electron chi connectivity index (χ1n) is 3.75. The zero-order chi connectivity index (χ0) is 9.84. The molecule has 0 fully saturated rings. The Hall–Kier alpha value is -1.28. The van der Waals surface area contributed by atoms with Gasteiger partial charge in [-0.2, -0.15) is 0 Å². The van der Waals surface area contributed by atoms with Gasteiger partial charge in [0.1, 0.15) is 0 Å². The van der Waals surface area contributed by atoms with Crippen molar-refractivity contribution in [1.82, 2.24) is 0 Å². The van der Waals surface area contributed by atoms with Crippen LogP contribution >= 0.6 is 11.6 Å². The topological polar surface area (TPSA) is 37.3 Å². The molecule has 0 aliphatic rings. The summed E-state index contributed by atoms with van der Waals surface area (Å²) in [6.07, 6.45) is 1.50. The molecule has 1 rings (SSSR count). The maximum Gasteiger partial charge on any atom is 0.336 e. The van der Waals surface area contributed by atoms with Gasteiger partial charge in [0.25, 0.3) is 0 Å². The molecule has 0 radical (unpaired) electrons. The predicted octanol–water partition coefficient (Wildman–Crippen LogP) is 2.85. The number of rotatable bonds is 3. The second kappa shape index (κ2) is 4.10. The molecule has 3 heteroatoms. The molecular formula is C10H9ClO2. The van der Waals surface area contributed by atoms with Crippen LogP contribution in [0.2, 0.25) is 0 Å². The summed E-state index contributed by atoms with van der Waals surface area (Å²) in [5.74, 6) is -0.969. The van der Waals surface area contributed by atoms with Gasteiger partial charge in [-0.05, 0) is 11.6 Å². The fraction of sp³-hybridized carbons (Fsp3) is 0.100. The van der Waals surface area contributed by atoms with Gasteiger partial charge in [-0.15, -0.1) is 18.2 Å². The monoisotopic (exact) mass is 196 g/mol. The van der Waals surface area contributed by atoms with Crippen LogP contribution in [0, 0.1) is 0 Å². The Morgan fingerprint density at radius 2 is 2.15 bits per heavy atom. The quantitative estimate of drug-likeness (QED) is 0.596. The summed E-state index contributed by atoms with van der Waals surface area (Å²) in [6.45, 7) is 3.51. The van der Waals surface area contributed by atoms with Crippen molar-refractivity contribution in [3.63, 3.8) is 0 Å². The molecule has 0 bridgehead atoms. The van der Waals surface area contributed by atoms with E-state index in [0.29, 0.717) is 5.56 Å². The number of aromatic carboxylic acids is 1. The van der Waals surface area contributed by atoms with Crippen molar-refractivity contribution in [3.8, 4) is 0 Å². The zero-order valence-electron chi connectivity index (χ0n) is 6.90. The van der Waals surface area contributed by atoms with Crippen molar-refractivity contribution in [3.05, 3.63) is 48.0 Å². The molecule has 1 aromatic rings. The van der Waals surface area contributed by atoms with Crippen LogP contribution in [0.25, 0.3) is 0 Å². The van der Waals surface area contributed by atoms with E-state index in [2.05, 4.69) is 6.58 Å². The van der Waals surface area contributed by atoms with E-state index in [1.54, 1.807) is 18.2 Å². The number of carbonyl (C=O) groups is 1. The molecule has 1 aromatic carbocycles. The molecule has 1 atom stereocenters. The molecule has 1 N–H and O–H groups in total. The SMILES string of the molecule is C=CC(Cl)c1ccccc1C(=O)O. The van der Waals surface area contributed by atoms with Gasteiger partial charge in [0.2, 0.25) is 0 Å². The Labute approximate surface area is 81.5 Å². The van der Waals surface area contributed by atoms with E-state index in [1.807, 2.05) is 0 Å². The third-order valence-electron chi connectivity index (χ3n) is 1.70. The van der Waals surface area contributed by atoms with E-state index in [4.69, 9.17) is 16.7 Å². The third kappa shape index (κ3) is 2.10. The summed E-state index contributed by atoms with van der Waals surface area (Å²) in [4.78, 5) is 10.7. The van der Waals surface area contributed by atoms with Crippen LogP contribution in [-0.4, -0.2) is 11.1 Å². The molecule has 0 amide bonds. The van der Waals surface area contributed by atoms with Gasteiger partial charge in [-0.3, -0.25) is 0 Å². The molecule has 2 nitrogen and oxygen atoms in total. The molecule has 13 heavy (non-hydrogen) atoms. The number of benzene rings is 1. The van der Waals surface area contributed by atoms with Crippen LogP contribution < -0.4 is 0 Å². The minimum atomic E-state index is -0.969. The molecule has 0 saturated carbocycles. The minimum absolute atomic E-state index is 0.224. The summed E-state index contributed by atoms with van der Waals surface area (Å²) >= 11 is 5.86. The van der Waals surface area contributed by atoms with E-state index in [9.17, 15) is 4.79 Å². The van der Waals surface area contributed by atoms with Gasteiger partial charge in [0.15, 0.2) is 0 Å². The van der Waals surface area contributed by atoms with Crippen LogP contribution in [0.4, 0.5) is 0 Å². The summed E-state index contributed by atoms with van der Waals surface area (Å²) in [5.41, 5.74) is 0.800. The molecule has 0 heterocycles. The lowest BCUT2D eigenvalue weighted by atomic mass is 10.0. The van der Waals surface area contributed by atoms with Crippen molar-refractivity contribution in [2.45, 2.75) is 5.38 Å². The standard InChI is InChI=1S/C10H9ClO2/c1-2-9(11)7-5-3-4-6-8(7)10(12)13/h2-6,9H,1H2,(H,12,13). The lowest BCUT2D eigenvalue weighted by Crippen LogP contribution is -2.02. The van der Waals surface area contributed by atoms with Gasteiger partial charge >= 0.3 is 5.97 Å². The smallest absolute Gasteiger partial charge is 0.336 e. The summed E-state index contributed by atoms with van der Waals surface area (Å²) in [5, 5.41) is 8.37. The lowest BCUT2D eigenvalue weighted by molar-refractivity contribution is 0.0696. The Morgan fingerprint density at radius 1 is 1.54 bits per heavy atom. The molecule has 0 spiro atoms. The lowest BCUT2D eigenvalue weighted by Gasteiger charge is -2.07. The number of allylic oxidation sites excluding steroid dienone is 1. The highest BCUT2D eigenvalue weighted by molar-refractivity contribution is 6.22. The first-order chi connectivity index (χ1) is 6.16. The Balaban J connectivity index is 3.19. The highest BCUT2D eigenvalue weighted by Crippen LogP contribution is 2.24. The Morgan fingerprint density at radius 3 is 2.69 bits per heavy atom. The van der Waals surface area contributed by atoms with Crippen molar-refractivity contribution >= 4 is 17.6 Å². The Bertz CT molecular complexity index is 333. The number of alkyl halides is 1. The van der Waals surface area contributed by atoms with E-state index in [1.165, 1.54) is 12.1 Å². The average molecular weight is 197 g/mol. The van der Waals surface area contributed by atoms with Gasteiger partial charge < -0.3 is 5.11 Å². The summed E-state index contributed by atoms with van der Waals surface area (Å²) in [6, 6.07) is 6.62. The number of carboxylic acid groups (broad SMARTS) is 1. The maximum absolute atomic E-state index is 10.7. The number of carboxylic acids is 1. The van der Waals surface area contributed by atoms with E-state index >= 15 is 0 Å². The summed E-state index contributed by atoms with van der Waals surface area (Å²) in [7, 11) is 0. The van der Waals surface area contributed by atoms with Gasteiger partial charge in [0, 0.05) is 0 Å². The molecular weight excluding hydrogens is 188 g/mol. The predicted molar refractivity (Wildman–Crippen MR) is 52.2 cm³/mol. The largest absolute Gasteiger partial charge is 0.478 e. The van der Waals surface area contributed by atoms with Gasteiger partial charge in [-0.1, -0.05) is 24.3 Å². The Kier molecular flexibility index (Phi) is 3.09. The van der Waals surface area contributed by atoms with Gasteiger partial charge in [0.05, 0.1) is 10.9 Å². The number of halogens is 1. The average Bonchev–Trinajstić information content (AvgIpc) is 2.16. The van der Waals surface area contributed by atoms with Crippen LogP contribution in [-0.2, 0) is 0 Å². The van der Waals surface area contributed by atoms with Crippen molar-refractivity contribution < 1.29 is 9.90 Å². The molecule has 0 aliphatic heterocycles. The number of hydrogen-bond donors (Lipinski definition) is 1. The molecule has 68 valence electrons. The van der Waals surface area contributed by atoms with E-state index < -0.39 is 11.3 Å². The molecule has 0 aromatic heterocycles. The highest BCUT2D eigenvalue weighted by atomic mass is 35.5. The van der Waals surface area contributed by atoms with E-state index in [-0.39, 0.29) is 5.56 Å². The van der Waals surface area contributed by atoms with Crippen LogP contribution in [0.15, 0.2) is 36.9 Å². The van der Waals surface area contributed by atoms with Crippen LogP contribution in [0.3, 0.4) is 0 Å². The fourth-order valence-corrected chi connectivity index (χ4v) is 1.25. The first-order valence-corrected chi connectivity index (χ1v) is 4.19. The minimum Gasteiger partial charge on any atom is -0.478 e. The number of hydrogen-bond acceptors (Lipinski definition) is 1. The van der Waals surface area contributed by atoms with Crippen molar-refractivity contribution in [1.29, 1.82) is 0 Å². The van der Waals surface area contributed by atoms with Crippen LogP contribution in [0.1, 0.15) is 21.3 Å². The van der Waals surface area contributed by atoms with Crippen molar-refractivity contribution in [2.24, 2.45) is 0 Å². The third-order valence-corrected chi connectivity index (χ3v) is 2.11. The molecule has 0 saturated heterocycles. The van der Waals surface area contributed by atoms with Crippen LogP contribution in [0.5, 0.6) is 0 Å². The highest BCUT2D eigenvalue weighted by Gasteiger charge is 2.13. The second-order valence-corrected chi connectivity index (χ2v) is 3.00. The summed E-state index contributed by atoms with van der Waals surface area (Å²) < 4.78 is 0. The normalized spacial score (nSPS) is 12.1. The van der Waals surface area contributed by atoms with E-state index in [0.717, 1.165) is 0 Å². The molecule has 1 unspecified atom stereocenters. The second-order valence-electron chi connectivity index (χ2n) is 2.53. The van der Waals surface area contributed by atoms with Gasteiger partial charge in [-0.25, -0.2) is 4.79 Å².